The van der Waals surface area contributed by atoms with Crippen LogP contribution in [0, 0.1) is 11.6 Å². The van der Waals surface area contributed by atoms with Gasteiger partial charge in [-0.2, -0.15) is 0 Å². The molecule has 4 aromatic rings. The van der Waals surface area contributed by atoms with Crippen LogP contribution in [0.25, 0.3) is 34.7 Å². The van der Waals surface area contributed by atoms with Crippen LogP contribution in [0.4, 0.5) is 25.5 Å². The molecule has 1 saturated carbocycles. The third kappa shape index (κ3) is 17.0. The smallest absolute Gasteiger partial charge is 0.458 e. The SMILES string of the molecule is CC(C)c1nc(N(C)S(C)(=O)=O)nc(-c2ccc(F)cc2)c1/C=C/C1CC(OC(=O)OCCOCCOCCOCCOC2CC(=O)OC(/C=C/c3c(-c4ccc(F)cc4)nc(N(C)S(C)(=O)=O)nc3C3CC3)C2)CC(=O)O1. The number of sulfonamides is 2. The Morgan fingerprint density at radius 1 is 0.654 bits per heavy atom. The highest BCUT2D eigenvalue weighted by Gasteiger charge is 2.34. The first-order valence-corrected chi connectivity index (χ1v) is 29.0. The zero-order chi connectivity index (χ0) is 56.1. The van der Waals surface area contributed by atoms with Crippen LogP contribution in [-0.2, 0) is 67.5 Å². The van der Waals surface area contributed by atoms with E-state index in [0.29, 0.717) is 51.5 Å². The van der Waals surface area contributed by atoms with E-state index in [1.807, 2.05) is 13.8 Å². The number of aromatic nitrogens is 4. The maximum Gasteiger partial charge on any atom is 0.508 e. The second-order valence-electron chi connectivity index (χ2n) is 19.1. The van der Waals surface area contributed by atoms with Crippen LogP contribution >= 0.6 is 0 Å². The number of cyclic esters (lactones) is 2. The molecule has 4 atom stereocenters. The molecule has 4 heterocycles. The van der Waals surface area contributed by atoms with E-state index >= 15 is 0 Å². The number of esters is 2. The molecule has 78 heavy (non-hydrogen) atoms. The van der Waals surface area contributed by atoms with Crippen molar-refractivity contribution in [2.75, 3.05) is 88.1 Å². The molecule has 2 aromatic carbocycles. The van der Waals surface area contributed by atoms with Gasteiger partial charge in [-0.1, -0.05) is 26.0 Å². The van der Waals surface area contributed by atoms with Crippen molar-refractivity contribution in [2.45, 2.75) is 88.6 Å². The summed E-state index contributed by atoms with van der Waals surface area (Å²) in [5, 5.41) is 0. The lowest BCUT2D eigenvalue weighted by Gasteiger charge is -2.27. The highest BCUT2D eigenvalue weighted by Crippen LogP contribution is 2.44. The zero-order valence-electron chi connectivity index (χ0n) is 44.2. The topological polar surface area (TPSA) is 251 Å². The summed E-state index contributed by atoms with van der Waals surface area (Å²) in [5.74, 6) is -2.16. The molecule has 1 aliphatic carbocycles. The maximum atomic E-state index is 13.9. The van der Waals surface area contributed by atoms with E-state index in [4.69, 9.17) is 37.9 Å². The van der Waals surface area contributed by atoms with E-state index in [1.54, 1.807) is 36.4 Å². The summed E-state index contributed by atoms with van der Waals surface area (Å²) in [5.41, 5.74) is 4.07. The number of hydrogen-bond donors (Lipinski definition) is 0. The second kappa shape index (κ2) is 26.9. The van der Waals surface area contributed by atoms with Crippen LogP contribution in [0.3, 0.4) is 0 Å². The molecule has 0 spiro atoms. The van der Waals surface area contributed by atoms with E-state index in [0.717, 1.165) is 34.0 Å². The van der Waals surface area contributed by atoms with Crippen molar-refractivity contribution in [3.8, 4) is 22.5 Å². The first-order valence-electron chi connectivity index (χ1n) is 25.3. The largest absolute Gasteiger partial charge is 0.508 e. The van der Waals surface area contributed by atoms with Crippen LogP contribution in [0.15, 0.2) is 60.7 Å². The lowest BCUT2D eigenvalue weighted by atomic mass is 9.97. The van der Waals surface area contributed by atoms with E-state index in [1.165, 1.54) is 50.5 Å². The summed E-state index contributed by atoms with van der Waals surface area (Å²) >= 11 is 0. The third-order valence-corrected chi connectivity index (χ3v) is 14.9. The molecule has 0 bridgehead atoms. The molecule has 7 rings (SSSR count). The number of hydrogen-bond acceptors (Lipinski definition) is 19. The lowest BCUT2D eigenvalue weighted by Crippen LogP contribution is -2.34. The van der Waals surface area contributed by atoms with Crippen LogP contribution in [-0.4, -0.2) is 159 Å². The van der Waals surface area contributed by atoms with Gasteiger partial charge < -0.3 is 37.9 Å². The molecule has 0 N–H and O–H groups in total. The molecule has 3 fully saturated rings. The fourth-order valence-electron chi connectivity index (χ4n) is 8.24. The second-order valence-corrected chi connectivity index (χ2v) is 23.1. The van der Waals surface area contributed by atoms with Gasteiger partial charge in [-0.3, -0.25) is 9.59 Å². The lowest BCUT2D eigenvalue weighted by molar-refractivity contribution is -0.160. The number of nitrogens with zero attached hydrogens (tertiary/aromatic N) is 6. The highest BCUT2D eigenvalue weighted by atomic mass is 32.2. The Balaban J connectivity index is 0.789. The van der Waals surface area contributed by atoms with Crippen molar-refractivity contribution < 1.29 is 77.9 Å². The minimum Gasteiger partial charge on any atom is -0.458 e. The molecular weight excluding hydrogens is 1060 g/mol. The minimum absolute atomic E-state index is 0.00142. The van der Waals surface area contributed by atoms with Crippen molar-refractivity contribution in [2.24, 2.45) is 0 Å². The van der Waals surface area contributed by atoms with Crippen molar-refractivity contribution in [1.82, 2.24) is 19.9 Å². The monoisotopic (exact) mass is 1130 g/mol. The Kier molecular flexibility index (Phi) is 20.4. The van der Waals surface area contributed by atoms with E-state index in [2.05, 4.69) is 19.9 Å². The molecule has 2 saturated heterocycles. The summed E-state index contributed by atoms with van der Waals surface area (Å²) in [7, 11) is -4.70. The van der Waals surface area contributed by atoms with Crippen LogP contribution < -0.4 is 8.61 Å². The normalized spacial score (nSPS) is 19.0. The van der Waals surface area contributed by atoms with Gasteiger partial charge in [0.2, 0.25) is 31.9 Å². The van der Waals surface area contributed by atoms with Crippen LogP contribution in [0.5, 0.6) is 0 Å². The Hall–Kier alpha value is -6.51. The summed E-state index contributed by atoms with van der Waals surface area (Å²) < 4.78 is 124. The summed E-state index contributed by atoms with van der Waals surface area (Å²) in [4.78, 5) is 56.2. The summed E-state index contributed by atoms with van der Waals surface area (Å²) in [6, 6.07) is 11.3. The van der Waals surface area contributed by atoms with Gasteiger partial charge in [-0.25, -0.2) is 59.0 Å². The quantitative estimate of drug-likeness (QED) is 0.0357. The fourth-order valence-corrected chi connectivity index (χ4v) is 8.99. The number of benzene rings is 2. The number of carbonyl (C=O) groups excluding carboxylic acids is 3. The Labute approximate surface area is 452 Å². The maximum absolute atomic E-state index is 13.9. The molecule has 3 aliphatic rings. The molecule has 2 aliphatic heterocycles. The van der Waals surface area contributed by atoms with Gasteiger partial charge in [0.05, 0.1) is 100 Å². The van der Waals surface area contributed by atoms with E-state index in [9.17, 15) is 40.0 Å². The van der Waals surface area contributed by atoms with Crippen LogP contribution in [0.2, 0.25) is 0 Å². The molecule has 4 unspecified atom stereocenters. The van der Waals surface area contributed by atoms with Crippen LogP contribution in [0.1, 0.15) is 86.7 Å². The van der Waals surface area contributed by atoms with Gasteiger partial charge in [0, 0.05) is 55.1 Å². The van der Waals surface area contributed by atoms with Gasteiger partial charge in [0.25, 0.3) is 0 Å². The standard InChI is InChI=1S/C53H64F2N6O15S2/c1-33(2)47-43(48(35-9-13-37(54)14-10-35)57-51(56-47)60(3)77(5,65)66)19-17-40-30-42(32-46(63)75-40)76-53(64)73-28-26-71-24-22-69-21-23-70-25-27-72-41-29-39(74-45(62)31-41)18-20-44-49(34-7-8-34)58-52(61(4)78(6,67)68)59-50(44)36-11-15-38(55)16-12-36/h9-20,33-34,39-42H,7-8,21-32H2,1-6H3/b19-17+,20-18+. The number of carbonyl (C=O) groups is 3. The number of ether oxygens (including phenoxy) is 8. The Morgan fingerprint density at radius 2 is 1.10 bits per heavy atom. The van der Waals surface area contributed by atoms with Gasteiger partial charge >= 0.3 is 18.1 Å². The molecule has 0 radical (unpaired) electrons. The molecule has 422 valence electrons. The number of halogens is 2. The molecular formula is C53H64F2N6O15S2. The molecule has 21 nitrogen and oxygen atoms in total. The average Bonchev–Trinajstić information content (AvgIpc) is 4.25. The molecule has 0 amide bonds. The number of rotatable bonds is 26. The van der Waals surface area contributed by atoms with Crippen molar-refractivity contribution >= 4 is 62.2 Å². The number of anilines is 2. The first kappa shape index (κ1) is 59.2. The van der Waals surface area contributed by atoms with Gasteiger partial charge in [-0.05, 0) is 79.4 Å². The average molecular weight is 1130 g/mol. The predicted octanol–water partition coefficient (Wildman–Crippen LogP) is 6.77. The van der Waals surface area contributed by atoms with E-state index < -0.39 is 74.2 Å². The minimum atomic E-state index is -3.73. The Bertz CT molecular complexity index is 3040. The molecule has 2 aromatic heterocycles. The Morgan fingerprint density at radius 3 is 1.60 bits per heavy atom. The zero-order valence-corrected chi connectivity index (χ0v) is 45.8. The van der Waals surface area contributed by atoms with Crippen molar-refractivity contribution in [1.29, 1.82) is 0 Å². The third-order valence-electron chi connectivity index (χ3n) is 12.6. The summed E-state index contributed by atoms with van der Waals surface area (Å²) in [6.07, 6.45) is 7.20. The first-order chi connectivity index (χ1) is 37.1. The fraction of sp³-hybridized carbons (Fsp3) is 0.491. The highest BCUT2D eigenvalue weighted by molar-refractivity contribution is 7.92. The van der Waals surface area contributed by atoms with E-state index in [-0.39, 0.29) is 95.9 Å². The molecule has 25 heteroatoms. The van der Waals surface area contributed by atoms with Gasteiger partial charge in [0.15, 0.2) is 0 Å². The van der Waals surface area contributed by atoms with Gasteiger partial charge in [0.1, 0.15) is 36.6 Å². The predicted molar refractivity (Wildman–Crippen MR) is 282 cm³/mol. The van der Waals surface area contributed by atoms with Crippen molar-refractivity contribution in [3.05, 3.63) is 94.8 Å². The van der Waals surface area contributed by atoms with Gasteiger partial charge in [-0.15, -0.1) is 0 Å². The summed E-state index contributed by atoms with van der Waals surface area (Å²) in [6.45, 7) is 5.11. The van der Waals surface area contributed by atoms with Crippen molar-refractivity contribution in [3.63, 3.8) is 0 Å².